The Morgan fingerprint density at radius 2 is 2.22 bits per heavy atom. The largest absolute Gasteiger partial charge is 0.487 e. The van der Waals surface area contributed by atoms with Crippen LogP contribution in [0.3, 0.4) is 0 Å². The number of methoxy groups -OCH3 is 1. The van der Waals surface area contributed by atoms with Crippen LogP contribution in [-0.2, 0) is 11.3 Å². The molecule has 1 atom stereocenters. The first-order valence-electron chi connectivity index (χ1n) is 7.51. The molecule has 1 aliphatic rings. The van der Waals surface area contributed by atoms with Crippen LogP contribution in [0.2, 0.25) is 0 Å². The number of carbonyl (C=O) groups is 1. The highest BCUT2D eigenvalue weighted by Gasteiger charge is 2.34. The lowest BCUT2D eigenvalue weighted by atomic mass is 9.89. The number of hydrogen-bond acceptors (Lipinski definition) is 5. The molecule has 1 aliphatic heterocycles. The van der Waals surface area contributed by atoms with E-state index in [4.69, 9.17) is 14.0 Å². The zero-order valence-corrected chi connectivity index (χ0v) is 13.5. The van der Waals surface area contributed by atoms with Gasteiger partial charge in [0.15, 0.2) is 0 Å². The number of hydrogen-bond donors (Lipinski definition) is 1. The van der Waals surface area contributed by atoms with Crippen LogP contribution in [0.25, 0.3) is 0 Å². The molecule has 0 aliphatic carbocycles. The molecule has 2 heterocycles. The summed E-state index contributed by atoms with van der Waals surface area (Å²) >= 11 is 0. The summed E-state index contributed by atoms with van der Waals surface area (Å²) in [5.74, 6) is 0.576. The van der Waals surface area contributed by atoms with Crippen molar-refractivity contribution in [3.8, 4) is 5.75 Å². The van der Waals surface area contributed by atoms with Crippen LogP contribution in [0.15, 0.2) is 35.1 Å². The molecular formula is C17H20N2O4. The minimum absolute atomic E-state index is 0.132. The van der Waals surface area contributed by atoms with Crippen molar-refractivity contribution in [3.63, 3.8) is 0 Å². The minimum atomic E-state index is -0.351. The van der Waals surface area contributed by atoms with Gasteiger partial charge in [0.25, 0.3) is 5.91 Å². The van der Waals surface area contributed by atoms with Gasteiger partial charge < -0.3 is 19.3 Å². The fourth-order valence-electron chi connectivity index (χ4n) is 2.85. The summed E-state index contributed by atoms with van der Waals surface area (Å²) in [6.45, 7) is 4.25. The Balaban J connectivity index is 1.84. The standard InChI is InChI=1S/C17H20N2O4/c1-17(2)8-13(11-6-4-5-7-15(11)23-17)18-16(20)12-9-22-19-14(12)10-21-3/h4-7,9,13H,8,10H2,1-3H3,(H,18,20). The van der Waals surface area contributed by atoms with Crippen molar-refractivity contribution in [1.29, 1.82) is 0 Å². The number of rotatable bonds is 4. The zero-order valence-electron chi connectivity index (χ0n) is 13.5. The Labute approximate surface area is 134 Å². The number of ether oxygens (including phenoxy) is 2. The molecule has 3 rings (SSSR count). The minimum Gasteiger partial charge on any atom is -0.487 e. The summed E-state index contributed by atoms with van der Waals surface area (Å²) in [5, 5.41) is 6.86. The second kappa shape index (κ2) is 6.04. The first kappa shape index (κ1) is 15.6. The monoisotopic (exact) mass is 316 g/mol. The van der Waals surface area contributed by atoms with Gasteiger partial charge in [0, 0.05) is 19.1 Å². The number of nitrogens with zero attached hydrogens (tertiary/aromatic N) is 1. The van der Waals surface area contributed by atoms with Gasteiger partial charge in [0.2, 0.25) is 0 Å². The predicted molar refractivity (Wildman–Crippen MR) is 83.2 cm³/mol. The number of fused-ring (bicyclic) bond motifs is 1. The number of para-hydroxylation sites is 1. The summed E-state index contributed by atoms with van der Waals surface area (Å²) in [7, 11) is 1.55. The van der Waals surface area contributed by atoms with Gasteiger partial charge in [-0.1, -0.05) is 23.4 Å². The van der Waals surface area contributed by atoms with Crippen molar-refractivity contribution in [2.75, 3.05) is 7.11 Å². The third-order valence-corrected chi connectivity index (χ3v) is 3.85. The van der Waals surface area contributed by atoms with E-state index in [1.807, 2.05) is 38.1 Å². The molecule has 0 radical (unpaired) electrons. The lowest BCUT2D eigenvalue weighted by Crippen LogP contribution is -2.41. The second-order valence-corrected chi connectivity index (χ2v) is 6.24. The van der Waals surface area contributed by atoms with E-state index in [2.05, 4.69) is 10.5 Å². The maximum absolute atomic E-state index is 12.6. The maximum atomic E-state index is 12.6. The summed E-state index contributed by atoms with van der Waals surface area (Å²) in [5.41, 5.74) is 1.51. The average molecular weight is 316 g/mol. The quantitative estimate of drug-likeness (QED) is 0.939. The van der Waals surface area contributed by atoms with E-state index in [0.717, 1.165) is 11.3 Å². The Morgan fingerprint density at radius 3 is 3.00 bits per heavy atom. The maximum Gasteiger partial charge on any atom is 0.257 e. The van der Waals surface area contributed by atoms with Crippen molar-refractivity contribution in [1.82, 2.24) is 10.5 Å². The molecule has 1 aromatic heterocycles. The molecule has 1 N–H and O–H groups in total. The van der Waals surface area contributed by atoms with Gasteiger partial charge in [-0.25, -0.2) is 0 Å². The van der Waals surface area contributed by atoms with Crippen molar-refractivity contribution >= 4 is 5.91 Å². The molecule has 6 nitrogen and oxygen atoms in total. The zero-order chi connectivity index (χ0) is 16.4. The highest BCUT2D eigenvalue weighted by atomic mass is 16.5. The van der Waals surface area contributed by atoms with E-state index in [-0.39, 0.29) is 24.2 Å². The van der Waals surface area contributed by atoms with Gasteiger partial charge >= 0.3 is 0 Å². The summed E-state index contributed by atoms with van der Waals surface area (Å²) in [6, 6.07) is 7.63. The van der Waals surface area contributed by atoms with Gasteiger partial charge in [0.1, 0.15) is 28.9 Å². The smallest absolute Gasteiger partial charge is 0.257 e. The van der Waals surface area contributed by atoms with Gasteiger partial charge in [-0.2, -0.15) is 0 Å². The number of aromatic nitrogens is 1. The van der Waals surface area contributed by atoms with Gasteiger partial charge in [-0.05, 0) is 19.9 Å². The fourth-order valence-corrected chi connectivity index (χ4v) is 2.85. The van der Waals surface area contributed by atoms with Gasteiger partial charge in [-0.3, -0.25) is 4.79 Å². The molecule has 1 unspecified atom stereocenters. The van der Waals surface area contributed by atoms with E-state index >= 15 is 0 Å². The number of carbonyl (C=O) groups excluding carboxylic acids is 1. The molecule has 1 amide bonds. The number of benzene rings is 1. The second-order valence-electron chi connectivity index (χ2n) is 6.24. The topological polar surface area (TPSA) is 73.6 Å². The fraction of sp³-hybridized carbons (Fsp3) is 0.412. The van der Waals surface area contributed by atoms with Crippen molar-refractivity contribution in [2.24, 2.45) is 0 Å². The molecule has 0 bridgehead atoms. The van der Waals surface area contributed by atoms with Crippen LogP contribution in [0.4, 0.5) is 0 Å². The van der Waals surface area contributed by atoms with Crippen LogP contribution in [0.1, 0.15) is 47.9 Å². The van der Waals surface area contributed by atoms with E-state index in [0.29, 0.717) is 17.7 Å². The number of amides is 1. The first-order chi connectivity index (χ1) is 11.0. The third-order valence-electron chi connectivity index (χ3n) is 3.85. The Morgan fingerprint density at radius 1 is 1.43 bits per heavy atom. The number of nitrogens with one attached hydrogen (secondary N) is 1. The Kier molecular flexibility index (Phi) is 4.09. The summed E-state index contributed by atoms with van der Waals surface area (Å²) in [4.78, 5) is 12.6. The van der Waals surface area contributed by atoms with E-state index in [9.17, 15) is 4.79 Å². The molecule has 6 heteroatoms. The SMILES string of the molecule is COCc1nocc1C(=O)NC1CC(C)(C)Oc2ccccc21. The van der Waals surface area contributed by atoms with Crippen molar-refractivity contribution in [3.05, 3.63) is 47.3 Å². The summed E-state index contributed by atoms with van der Waals surface area (Å²) < 4.78 is 15.9. The van der Waals surface area contributed by atoms with Crippen LogP contribution >= 0.6 is 0 Å². The first-order valence-corrected chi connectivity index (χ1v) is 7.51. The highest BCUT2D eigenvalue weighted by Crippen LogP contribution is 2.39. The molecule has 0 saturated heterocycles. The van der Waals surface area contributed by atoms with E-state index in [1.54, 1.807) is 7.11 Å². The van der Waals surface area contributed by atoms with E-state index < -0.39 is 0 Å². The average Bonchev–Trinajstić information content (AvgIpc) is 2.95. The van der Waals surface area contributed by atoms with Crippen LogP contribution in [0.5, 0.6) is 5.75 Å². The Hall–Kier alpha value is -2.34. The van der Waals surface area contributed by atoms with E-state index in [1.165, 1.54) is 6.26 Å². The van der Waals surface area contributed by atoms with Crippen molar-refractivity contribution < 1.29 is 18.8 Å². The lowest BCUT2D eigenvalue weighted by Gasteiger charge is -2.37. The molecule has 1 aromatic carbocycles. The lowest BCUT2D eigenvalue weighted by molar-refractivity contribution is 0.0618. The van der Waals surface area contributed by atoms with Crippen LogP contribution < -0.4 is 10.1 Å². The molecule has 0 fully saturated rings. The highest BCUT2D eigenvalue weighted by molar-refractivity contribution is 5.95. The molecule has 0 spiro atoms. The van der Waals surface area contributed by atoms with Gasteiger partial charge in [-0.15, -0.1) is 0 Å². The molecule has 2 aromatic rings. The summed E-state index contributed by atoms with van der Waals surface area (Å²) in [6.07, 6.45) is 2.03. The van der Waals surface area contributed by atoms with Crippen molar-refractivity contribution in [2.45, 2.75) is 38.5 Å². The molecule has 122 valence electrons. The predicted octanol–water partition coefficient (Wildman–Crippen LogP) is 2.85. The van der Waals surface area contributed by atoms with Crippen LogP contribution in [-0.4, -0.2) is 23.8 Å². The Bertz CT molecular complexity index is 708. The van der Waals surface area contributed by atoms with Gasteiger partial charge in [0.05, 0.1) is 12.6 Å². The molecule has 23 heavy (non-hydrogen) atoms. The molecule has 0 saturated carbocycles. The normalized spacial score (nSPS) is 18.8. The van der Waals surface area contributed by atoms with Crippen LogP contribution in [0, 0.1) is 0 Å². The molecular weight excluding hydrogens is 296 g/mol. The third kappa shape index (κ3) is 3.22.